The normalized spacial score (nSPS) is 12.4. The van der Waals surface area contributed by atoms with Gasteiger partial charge in [-0.25, -0.2) is 4.98 Å². The van der Waals surface area contributed by atoms with Gasteiger partial charge in [-0.05, 0) is 25.1 Å². The average Bonchev–Trinajstić information content (AvgIpc) is 2.83. The number of pyridine rings is 1. The molecule has 5 heteroatoms. The Morgan fingerprint density at radius 3 is 2.84 bits per heavy atom. The van der Waals surface area contributed by atoms with Crippen LogP contribution in [0.15, 0.2) is 30.9 Å². The topological polar surface area (TPSA) is 52.0 Å². The summed E-state index contributed by atoms with van der Waals surface area (Å²) in [6, 6.07) is 2.04. The van der Waals surface area contributed by atoms with Gasteiger partial charge in [0.1, 0.15) is 11.6 Å². The number of ether oxygens (including phenoxy) is 1. The van der Waals surface area contributed by atoms with E-state index >= 15 is 0 Å². The van der Waals surface area contributed by atoms with E-state index in [2.05, 4.69) is 22.2 Å². The molecule has 1 unspecified atom stereocenters. The van der Waals surface area contributed by atoms with E-state index in [1.807, 2.05) is 37.0 Å². The highest BCUT2D eigenvalue weighted by atomic mass is 16.5. The van der Waals surface area contributed by atoms with Gasteiger partial charge >= 0.3 is 0 Å². The Bertz CT molecular complexity index is 524. The molecule has 0 amide bonds. The van der Waals surface area contributed by atoms with Crippen molar-refractivity contribution in [2.24, 2.45) is 7.05 Å². The lowest BCUT2D eigenvalue weighted by molar-refractivity contribution is 0.338. The summed E-state index contributed by atoms with van der Waals surface area (Å²) in [6.07, 6.45) is 7.33. The van der Waals surface area contributed by atoms with Crippen LogP contribution in [0.1, 0.15) is 31.3 Å². The van der Waals surface area contributed by atoms with Crippen LogP contribution >= 0.6 is 0 Å². The third-order valence-corrected chi connectivity index (χ3v) is 2.90. The zero-order valence-corrected chi connectivity index (χ0v) is 11.6. The third kappa shape index (κ3) is 3.12. The number of imidazole rings is 1. The van der Waals surface area contributed by atoms with Gasteiger partial charge in [-0.2, -0.15) is 0 Å². The molecule has 2 aromatic rings. The Morgan fingerprint density at radius 2 is 2.21 bits per heavy atom. The van der Waals surface area contributed by atoms with Crippen molar-refractivity contribution < 1.29 is 4.74 Å². The van der Waals surface area contributed by atoms with Gasteiger partial charge in [0.2, 0.25) is 0 Å². The summed E-state index contributed by atoms with van der Waals surface area (Å²) in [6.45, 7) is 5.54. The molecule has 1 N–H and O–H groups in total. The highest BCUT2D eigenvalue weighted by Gasteiger charge is 2.18. The predicted octanol–water partition coefficient (Wildman–Crippen LogP) is 1.91. The van der Waals surface area contributed by atoms with E-state index in [1.54, 1.807) is 12.4 Å². The number of hydrogen-bond acceptors (Lipinski definition) is 4. The van der Waals surface area contributed by atoms with E-state index in [4.69, 9.17) is 4.74 Å². The molecule has 1 atom stereocenters. The van der Waals surface area contributed by atoms with Crippen molar-refractivity contribution in [3.8, 4) is 5.75 Å². The van der Waals surface area contributed by atoms with Gasteiger partial charge in [-0.15, -0.1) is 0 Å². The summed E-state index contributed by atoms with van der Waals surface area (Å²) in [7, 11) is 1.99. The van der Waals surface area contributed by atoms with Gasteiger partial charge in [-0.3, -0.25) is 4.98 Å². The molecule has 2 rings (SSSR count). The molecule has 0 aliphatic carbocycles. The van der Waals surface area contributed by atoms with E-state index in [0.717, 1.165) is 23.7 Å². The van der Waals surface area contributed by atoms with Crippen LogP contribution in [0.2, 0.25) is 0 Å². The maximum absolute atomic E-state index is 5.50. The van der Waals surface area contributed by atoms with Crippen molar-refractivity contribution in [3.05, 3.63) is 42.2 Å². The second-order valence-electron chi connectivity index (χ2n) is 4.27. The first-order chi connectivity index (χ1) is 9.26. The predicted molar refractivity (Wildman–Crippen MR) is 74.1 cm³/mol. The van der Waals surface area contributed by atoms with Crippen molar-refractivity contribution in [1.82, 2.24) is 19.9 Å². The van der Waals surface area contributed by atoms with E-state index in [1.165, 1.54) is 0 Å². The van der Waals surface area contributed by atoms with Gasteiger partial charge in [0.15, 0.2) is 0 Å². The molecule has 102 valence electrons. The van der Waals surface area contributed by atoms with Gasteiger partial charge in [0.05, 0.1) is 18.8 Å². The smallest absolute Gasteiger partial charge is 0.137 e. The minimum Gasteiger partial charge on any atom is -0.492 e. The fourth-order valence-corrected chi connectivity index (χ4v) is 2.06. The number of aromatic nitrogens is 3. The first-order valence-electron chi connectivity index (χ1n) is 6.54. The number of rotatable bonds is 6. The molecule has 0 fully saturated rings. The van der Waals surface area contributed by atoms with Crippen molar-refractivity contribution in [3.63, 3.8) is 0 Å². The standard InChI is InChI=1S/C14H20N4O/c1-4-16-13(14-17-6-7-18(14)3)11-8-12(19-5-2)10-15-9-11/h6-10,13,16H,4-5H2,1-3H3. The van der Waals surface area contributed by atoms with Crippen LogP contribution in [-0.4, -0.2) is 27.7 Å². The maximum atomic E-state index is 5.50. The molecule has 0 bridgehead atoms. The van der Waals surface area contributed by atoms with Crippen LogP contribution < -0.4 is 10.1 Å². The first kappa shape index (κ1) is 13.5. The van der Waals surface area contributed by atoms with Crippen LogP contribution in [0.3, 0.4) is 0 Å². The molecule has 0 aliphatic heterocycles. The molecule has 0 aromatic carbocycles. The van der Waals surface area contributed by atoms with Crippen LogP contribution in [0.25, 0.3) is 0 Å². The van der Waals surface area contributed by atoms with Crippen molar-refractivity contribution in [2.75, 3.05) is 13.2 Å². The van der Waals surface area contributed by atoms with Gasteiger partial charge in [0.25, 0.3) is 0 Å². The molecule has 0 spiro atoms. The number of hydrogen-bond donors (Lipinski definition) is 1. The fraction of sp³-hybridized carbons (Fsp3) is 0.429. The quantitative estimate of drug-likeness (QED) is 0.862. The monoisotopic (exact) mass is 260 g/mol. The minimum atomic E-state index is 0.0258. The fourth-order valence-electron chi connectivity index (χ4n) is 2.06. The summed E-state index contributed by atoms with van der Waals surface area (Å²) in [5.74, 6) is 1.76. The molecular weight excluding hydrogens is 240 g/mol. The van der Waals surface area contributed by atoms with E-state index in [9.17, 15) is 0 Å². The molecule has 0 saturated heterocycles. The van der Waals surface area contributed by atoms with E-state index in [0.29, 0.717) is 6.61 Å². The summed E-state index contributed by atoms with van der Waals surface area (Å²) >= 11 is 0. The van der Waals surface area contributed by atoms with Crippen molar-refractivity contribution >= 4 is 0 Å². The van der Waals surface area contributed by atoms with Crippen molar-refractivity contribution in [2.45, 2.75) is 19.9 Å². The second kappa shape index (κ2) is 6.33. The first-order valence-corrected chi connectivity index (χ1v) is 6.54. The highest BCUT2D eigenvalue weighted by Crippen LogP contribution is 2.22. The molecule has 19 heavy (non-hydrogen) atoms. The minimum absolute atomic E-state index is 0.0258. The Labute approximate surface area is 113 Å². The third-order valence-electron chi connectivity index (χ3n) is 2.90. The molecule has 0 aliphatic rings. The van der Waals surface area contributed by atoms with Crippen molar-refractivity contribution in [1.29, 1.82) is 0 Å². The largest absolute Gasteiger partial charge is 0.492 e. The van der Waals surface area contributed by atoms with Gasteiger partial charge in [0, 0.05) is 25.6 Å². The Balaban J connectivity index is 2.33. The second-order valence-corrected chi connectivity index (χ2v) is 4.27. The summed E-state index contributed by atoms with van der Waals surface area (Å²) < 4.78 is 7.52. The summed E-state index contributed by atoms with van der Waals surface area (Å²) in [5, 5.41) is 3.43. The molecular formula is C14H20N4O. The summed E-state index contributed by atoms with van der Waals surface area (Å²) in [5.41, 5.74) is 1.06. The highest BCUT2D eigenvalue weighted by molar-refractivity contribution is 5.29. The van der Waals surface area contributed by atoms with Gasteiger partial charge < -0.3 is 14.6 Å². The molecule has 2 aromatic heterocycles. The Morgan fingerprint density at radius 1 is 1.37 bits per heavy atom. The lowest BCUT2D eigenvalue weighted by atomic mass is 10.1. The zero-order valence-electron chi connectivity index (χ0n) is 11.6. The van der Waals surface area contributed by atoms with Gasteiger partial charge in [-0.1, -0.05) is 6.92 Å². The Hall–Kier alpha value is -1.88. The lowest BCUT2D eigenvalue weighted by Gasteiger charge is -2.18. The average molecular weight is 260 g/mol. The number of nitrogens with zero attached hydrogens (tertiary/aromatic N) is 3. The van der Waals surface area contributed by atoms with E-state index < -0.39 is 0 Å². The van der Waals surface area contributed by atoms with Crippen LogP contribution in [0.4, 0.5) is 0 Å². The lowest BCUT2D eigenvalue weighted by Crippen LogP contribution is -2.25. The number of aryl methyl sites for hydroxylation is 1. The van der Waals surface area contributed by atoms with E-state index in [-0.39, 0.29) is 6.04 Å². The summed E-state index contributed by atoms with van der Waals surface area (Å²) in [4.78, 5) is 8.66. The SMILES string of the molecule is CCNC(c1cncc(OCC)c1)c1nccn1C. The molecule has 2 heterocycles. The van der Waals surface area contributed by atoms with Crippen LogP contribution in [0, 0.1) is 0 Å². The Kier molecular flexibility index (Phi) is 4.52. The molecule has 5 nitrogen and oxygen atoms in total. The zero-order chi connectivity index (χ0) is 13.7. The molecule has 0 radical (unpaired) electrons. The van der Waals surface area contributed by atoms with Crippen LogP contribution in [-0.2, 0) is 7.05 Å². The van der Waals surface area contributed by atoms with Crippen LogP contribution in [0.5, 0.6) is 5.75 Å². The number of nitrogens with one attached hydrogen (secondary N) is 1. The maximum Gasteiger partial charge on any atom is 0.137 e. The molecule has 0 saturated carbocycles.